The van der Waals surface area contributed by atoms with Gasteiger partial charge in [-0.3, -0.25) is 4.90 Å². The molecule has 2 fully saturated rings. The van der Waals surface area contributed by atoms with Gasteiger partial charge in [-0.25, -0.2) is 0 Å². The molecule has 0 aromatic heterocycles. The molecular weight excluding hydrogens is 184 g/mol. The Hall–Kier alpha value is -0.0800. The summed E-state index contributed by atoms with van der Waals surface area (Å²) in [5.41, 5.74) is 0. The fraction of sp³-hybridized carbons (Fsp3) is 1.00. The van der Waals surface area contributed by atoms with Crippen molar-refractivity contribution in [3.8, 4) is 0 Å². The molecule has 2 nitrogen and oxygen atoms in total. The van der Waals surface area contributed by atoms with Crippen LogP contribution in [0.25, 0.3) is 0 Å². The second-order valence-electron chi connectivity index (χ2n) is 5.64. The van der Waals surface area contributed by atoms with Gasteiger partial charge in [0.15, 0.2) is 0 Å². The predicted octanol–water partition coefficient (Wildman–Crippen LogP) is 2.25. The first-order valence-corrected chi connectivity index (χ1v) is 6.73. The minimum atomic E-state index is 0.717. The molecule has 1 saturated heterocycles. The standard InChI is InChI=1S/C13H26N2/c1-11(2)15(9-12-6-7-12)10-13-5-3-4-8-14-13/h11-14H,3-10H2,1-2H3. The van der Waals surface area contributed by atoms with Crippen molar-refractivity contribution in [2.75, 3.05) is 19.6 Å². The molecule has 1 aliphatic heterocycles. The van der Waals surface area contributed by atoms with Gasteiger partial charge in [0.2, 0.25) is 0 Å². The third-order valence-corrected chi connectivity index (χ3v) is 3.79. The fourth-order valence-corrected chi connectivity index (χ4v) is 2.49. The Morgan fingerprint density at radius 2 is 1.93 bits per heavy atom. The van der Waals surface area contributed by atoms with Crippen molar-refractivity contribution in [1.29, 1.82) is 0 Å². The van der Waals surface area contributed by atoms with E-state index in [4.69, 9.17) is 0 Å². The molecule has 0 bridgehead atoms. The zero-order chi connectivity index (χ0) is 10.7. The molecule has 1 aliphatic carbocycles. The highest BCUT2D eigenvalue weighted by Gasteiger charge is 2.27. The quantitative estimate of drug-likeness (QED) is 0.749. The van der Waals surface area contributed by atoms with Gasteiger partial charge in [0, 0.05) is 25.2 Å². The van der Waals surface area contributed by atoms with Gasteiger partial charge in [-0.05, 0) is 52.0 Å². The number of nitrogens with one attached hydrogen (secondary N) is 1. The Morgan fingerprint density at radius 3 is 2.47 bits per heavy atom. The van der Waals surface area contributed by atoms with Gasteiger partial charge in [0.1, 0.15) is 0 Å². The Kier molecular flexibility index (Phi) is 4.04. The topological polar surface area (TPSA) is 15.3 Å². The second kappa shape index (κ2) is 5.31. The lowest BCUT2D eigenvalue weighted by Gasteiger charge is -2.33. The molecule has 1 unspecified atom stereocenters. The van der Waals surface area contributed by atoms with Crippen LogP contribution in [0.5, 0.6) is 0 Å². The van der Waals surface area contributed by atoms with Crippen LogP contribution in [0.2, 0.25) is 0 Å². The first-order valence-electron chi connectivity index (χ1n) is 6.73. The van der Waals surface area contributed by atoms with Crippen molar-refractivity contribution >= 4 is 0 Å². The Morgan fingerprint density at radius 1 is 1.13 bits per heavy atom. The summed E-state index contributed by atoms with van der Waals surface area (Å²) in [7, 11) is 0. The minimum Gasteiger partial charge on any atom is -0.313 e. The molecule has 15 heavy (non-hydrogen) atoms. The van der Waals surface area contributed by atoms with Crippen LogP contribution in [-0.4, -0.2) is 36.6 Å². The lowest BCUT2D eigenvalue weighted by atomic mass is 10.0. The fourth-order valence-electron chi connectivity index (χ4n) is 2.49. The largest absolute Gasteiger partial charge is 0.313 e. The third kappa shape index (κ3) is 3.76. The Bertz CT molecular complexity index is 181. The molecular formula is C13H26N2. The van der Waals surface area contributed by atoms with Crippen LogP contribution in [-0.2, 0) is 0 Å². The lowest BCUT2D eigenvalue weighted by molar-refractivity contribution is 0.178. The maximum atomic E-state index is 3.66. The molecule has 1 atom stereocenters. The molecule has 88 valence electrons. The van der Waals surface area contributed by atoms with Gasteiger partial charge in [0.05, 0.1) is 0 Å². The summed E-state index contributed by atoms with van der Waals surface area (Å²) in [5.74, 6) is 1.02. The molecule has 1 heterocycles. The van der Waals surface area contributed by atoms with Gasteiger partial charge in [-0.15, -0.1) is 0 Å². The zero-order valence-corrected chi connectivity index (χ0v) is 10.3. The highest BCUT2D eigenvalue weighted by Crippen LogP contribution is 2.30. The van der Waals surface area contributed by atoms with E-state index in [2.05, 4.69) is 24.1 Å². The van der Waals surface area contributed by atoms with Gasteiger partial charge in [0.25, 0.3) is 0 Å². The molecule has 0 aromatic carbocycles. The van der Waals surface area contributed by atoms with Crippen LogP contribution in [0.4, 0.5) is 0 Å². The Balaban J connectivity index is 1.75. The Labute approximate surface area is 94.4 Å². The van der Waals surface area contributed by atoms with Crippen LogP contribution < -0.4 is 5.32 Å². The van der Waals surface area contributed by atoms with Crippen LogP contribution in [0.1, 0.15) is 46.0 Å². The molecule has 2 aliphatic rings. The van der Waals surface area contributed by atoms with Crippen molar-refractivity contribution in [2.45, 2.75) is 58.0 Å². The van der Waals surface area contributed by atoms with Gasteiger partial charge < -0.3 is 5.32 Å². The summed E-state index contributed by atoms with van der Waals surface area (Å²) < 4.78 is 0. The van der Waals surface area contributed by atoms with E-state index in [0.29, 0.717) is 6.04 Å². The first-order chi connectivity index (χ1) is 7.25. The van der Waals surface area contributed by atoms with E-state index >= 15 is 0 Å². The number of nitrogens with zero attached hydrogens (tertiary/aromatic N) is 1. The van der Waals surface area contributed by atoms with Gasteiger partial charge >= 0.3 is 0 Å². The van der Waals surface area contributed by atoms with Crippen molar-refractivity contribution in [3.05, 3.63) is 0 Å². The van der Waals surface area contributed by atoms with Crippen molar-refractivity contribution in [3.63, 3.8) is 0 Å². The normalized spacial score (nSPS) is 27.6. The SMILES string of the molecule is CC(C)N(CC1CC1)CC1CCCCN1. The molecule has 0 amide bonds. The molecule has 2 rings (SSSR count). The van der Waals surface area contributed by atoms with Crippen LogP contribution in [0.15, 0.2) is 0 Å². The lowest BCUT2D eigenvalue weighted by Crippen LogP contribution is -2.46. The number of rotatable bonds is 5. The van der Waals surface area contributed by atoms with Crippen LogP contribution in [0, 0.1) is 5.92 Å². The van der Waals surface area contributed by atoms with Crippen molar-refractivity contribution < 1.29 is 0 Å². The highest BCUT2D eigenvalue weighted by molar-refractivity contribution is 4.82. The summed E-state index contributed by atoms with van der Waals surface area (Å²) >= 11 is 0. The highest BCUT2D eigenvalue weighted by atomic mass is 15.2. The number of hydrogen-bond donors (Lipinski definition) is 1. The van der Waals surface area contributed by atoms with E-state index in [1.54, 1.807) is 0 Å². The van der Waals surface area contributed by atoms with Crippen molar-refractivity contribution in [2.24, 2.45) is 5.92 Å². The van der Waals surface area contributed by atoms with Crippen LogP contribution in [0.3, 0.4) is 0 Å². The maximum Gasteiger partial charge on any atom is 0.0195 e. The number of piperidine rings is 1. The van der Waals surface area contributed by atoms with E-state index in [9.17, 15) is 0 Å². The van der Waals surface area contributed by atoms with Gasteiger partial charge in [-0.2, -0.15) is 0 Å². The maximum absolute atomic E-state index is 3.66. The molecule has 0 aromatic rings. The summed E-state index contributed by atoms with van der Waals surface area (Å²) in [6.07, 6.45) is 7.13. The zero-order valence-electron chi connectivity index (χ0n) is 10.3. The molecule has 0 spiro atoms. The third-order valence-electron chi connectivity index (χ3n) is 3.79. The minimum absolute atomic E-state index is 0.717. The monoisotopic (exact) mass is 210 g/mol. The van der Waals surface area contributed by atoms with E-state index in [0.717, 1.165) is 12.0 Å². The average Bonchev–Trinajstić information content (AvgIpc) is 3.02. The van der Waals surface area contributed by atoms with E-state index in [-0.39, 0.29) is 0 Å². The summed E-state index contributed by atoms with van der Waals surface area (Å²) in [4.78, 5) is 2.68. The predicted molar refractivity (Wildman–Crippen MR) is 65.1 cm³/mol. The van der Waals surface area contributed by atoms with E-state index < -0.39 is 0 Å². The smallest absolute Gasteiger partial charge is 0.0195 e. The molecule has 0 radical (unpaired) electrons. The molecule has 1 N–H and O–H groups in total. The van der Waals surface area contributed by atoms with E-state index in [1.807, 2.05) is 0 Å². The first kappa shape index (κ1) is 11.4. The summed E-state index contributed by atoms with van der Waals surface area (Å²) in [6.45, 7) is 8.53. The average molecular weight is 210 g/mol. The number of hydrogen-bond acceptors (Lipinski definition) is 2. The summed E-state index contributed by atoms with van der Waals surface area (Å²) in [5, 5.41) is 3.66. The van der Waals surface area contributed by atoms with E-state index in [1.165, 1.54) is 51.7 Å². The second-order valence-corrected chi connectivity index (χ2v) is 5.64. The van der Waals surface area contributed by atoms with Crippen molar-refractivity contribution in [1.82, 2.24) is 10.2 Å². The van der Waals surface area contributed by atoms with Gasteiger partial charge in [-0.1, -0.05) is 6.42 Å². The summed E-state index contributed by atoms with van der Waals surface area (Å²) in [6, 6.07) is 1.48. The van der Waals surface area contributed by atoms with Crippen LogP contribution >= 0.6 is 0 Å². The molecule has 2 heteroatoms. The molecule has 1 saturated carbocycles.